The number of aromatic nitrogens is 4. The van der Waals surface area contributed by atoms with E-state index < -0.39 is 28.4 Å². The number of pyridine rings is 1. The van der Waals surface area contributed by atoms with Gasteiger partial charge in [0.2, 0.25) is 5.95 Å². The van der Waals surface area contributed by atoms with Gasteiger partial charge < -0.3 is 10.6 Å². The summed E-state index contributed by atoms with van der Waals surface area (Å²) in [4.78, 5) is 17.8. The van der Waals surface area contributed by atoms with Crippen molar-refractivity contribution in [3.63, 3.8) is 0 Å². The van der Waals surface area contributed by atoms with Crippen LogP contribution in [0.3, 0.4) is 0 Å². The van der Waals surface area contributed by atoms with Gasteiger partial charge in [-0.1, -0.05) is 0 Å². The number of hydrogen-bond acceptors (Lipinski definition) is 9. The topological polar surface area (TPSA) is 110 Å². The van der Waals surface area contributed by atoms with E-state index in [9.17, 15) is 26.0 Å². The minimum absolute atomic E-state index is 0.0857. The van der Waals surface area contributed by atoms with Crippen molar-refractivity contribution in [1.82, 2.24) is 19.9 Å². The van der Waals surface area contributed by atoms with Crippen molar-refractivity contribution in [2.75, 3.05) is 22.9 Å². The van der Waals surface area contributed by atoms with Gasteiger partial charge in [-0.15, -0.1) is 11.3 Å². The first-order chi connectivity index (χ1) is 19.3. The smallest absolute Gasteiger partial charge is 0.367 e. The maximum absolute atomic E-state index is 13.7. The second-order valence-electron chi connectivity index (χ2n) is 10.3. The fourth-order valence-electron chi connectivity index (χ4n) is 5.05. The van der Waals surface area contributed by atoms with Gasteiger partial charge >= 0.3 is 6.18 Å². The van der Waals surface area contributed by atoms with Crippen molar-refractivity contribution in [3.05, 3.63) is 53.2 Å². The summed E-state index contributed by atoms with van der Waals surface area (Å²) in [7, 11) is -3.63. The minimum Gasteiger partial charge on any atom is -0.367 e. The highest BCUT2D eigenvalue weighted by molar-refractivity contribution is 7.91. The summed E-state index contributed by atoms with van der Waals surface area (Å²) >= 11 is 1.40. The third-order valence-corrected chi connectivity index (χ3v) is 9.99. The Balaban J connectivity index is 1.41. The molecule has 0 spiro atoms. The highest BCUT2D eigenvalue weighted by atomic mass is 32.2. The molecule has 3 aromatic heterocycles. The molecule has 3 heterocycles. The Labute approximate surface area is 238 Å². The van der Waals surface area contributed by atoms with Crippen LogP contribution >= 0.6 is 11.3 Å². The lowest BCUT2D eigenvalue weighted by molar-refractivity contribution is -0.115. The van der Waals surface area contributed by atoms with Crippen molar-refractivity contribution in [2.45, 2.75) is 57.1 Å². The third-order valence-electron chi connectivity index (χ3n) is 7.07. The van der Waals surface area contributed by atoms with E-state index in [4.69, 9.17) is 4.98 Å². The molecule has 1 aromatic carbocycles. The zero-order valence-corrected chi connectivity index (χ0v) is 24.1. The number of rotatable bonds is 8. The molecule has 218 valence electrons. The molecule has 0 saturated heterocycles. The summed E-state index contributed by atoms with van der Waals surface area (Å²) in [5.74, 6) is -0.556. The lowest BCUT2D eigenvalue weighted by atomic mass is 10.1. The number of nitrogens with one attached hydrogen (secondary N) is 2. The number of alkyl halides is 3. The Morgan fingerprint density at radius 3 is 2.54 bits per heavy atom. The van der Waals surface area contributed by atoms with Crippen LogP contribution < -0.4 is 10.6 Å². The number of aryl methyl sites for hydroxylation is 3. The van der Waals surface area contributed by atoms with Gasteiger partial charge in [-0.05, 0) is 75.8 Å². The van der Waals surface area contributed by atoms with Crippen molar-refractivity contribution in [2.24, 2.45) is 5.92 Å². The molecular weight excluding hydrogens is 580 g/mol. The zero-order valence-electron chi connectivity index (χ0n) is 22.5. The molecular formula is C27H28F4N6O2S2. The van der Waals surface area contributed by atoms with E-state index in [0.29, 0.717) is 41.3 Å². The van der Waals surface area contributed by atoms with Crippen LogP contribution in [0.2, 0.25) is 0 Å². The average Bonchev–Trinajstić information content (AvgIpc) is 3.51. The molecule has 1 aliphatic carbocycles. The van der Waals surface area contributed by atoms with Crippen molar-refractivity contribution in [1.29, 1.82) is 0 Å². The van der Waals surface area contributed by atoms with Crippen LogP contribution in [0, 0.1) is 32.5 Å². The van der Waals surface area contributed by atoms with Crippen LogP contribution in [0.4, 0.5) is 29.3 Å². The van der Waals surface area contributed by atoms with Crippen molar-refractivity contribution in [3.8, 4) is 10.6 Å². The summed E-state index contributed by atoms with van der Waals surface area (Å²) in [6, 6.07) is 5.45. The van der Waals surface area contributed by atoms with Crippen molar-refractivity contribution >= 4 is 43.2 Å². The first-order valence-corrected chi connectivity index (χ1v) is 15.4. The standard InChI is InChI=1S/C27H28F4N6O2S2/c1-14-10-19(6-7-20(14)28)41(38,39)12-17-4-5-18(11-17)35-24-22(15(2)34-26(37-24)33-13-27(29,30)31)25-36-23-16(3)32-9-8-21(23)40-25/h6-10,17-18H,4-5,11-13H2,1-3H3,(H2,33,34,35,37). The molecule has 14 heteroatoms. The lowest BCUT2D eigenvalue weighted by Gasteiger charge is -2.19. The van der Waals surface area contributed by atoms with E-state index in [-0.39, 0.29) is 34.1 Å². The number of nitrogens with zero attached hydrogens (tertiary/aromatic N) is 4. The number of thiazole rings is 1. The van der Waals surface area contributed by atoms with E-state index in [2.05, 4.69) is 25.6 Å². The van der Waals surface area contributed by atoms with Gasteiger partial charge in [0.05, 0.1) is 32.3 Å². The maximum Gasteiger partial charge on any atom is 0.405 e. The molecule has 0 aliphatic heterocycles. The molecule has 0 radical (unpaired) electrons. The second kappa shape index (κ2) is 11.1. The van der Waals surface area contributed by atoms with Crippen LogP contribution in [0.5, 0.6) is 0 Å². The molecule has 41 heavy (non-hydrogen) atoms. The SMILES string of the molecule is Cc1cc(S(=O)(=O)CC2CCC(Nc3nc(NCC(F)(F)F)nc(C)c3-c3nc4c(C)nccc4s3)C2)ccc1F. The normalized spacial score (nSPS) is 17.7. The summed E-state index contributed by atoms with van der Waals surface area (Å²) in [5.41, 5.74) is 2.75. The monoisotopic (exact) mass is 608 g/mol. The van der Waals surface area contributed by atoms with Crippen LogP contribution in [-0.4, -0.2) is 52.9 Å². The average molecular weight is 609 g/mol. The molecule has 2 N–H and O–H groups in total. The maximum atomic E-state index is 13.7. The Hall–Kier alpha value is -3.39. The first kappa shape index (κ1) is 29.1. The van der Waals surface area contributed by atoms with Gasteiger partial charge in [0.25, 0.3) is 0 Å². The molecule has 1 fully saturated rings. The lowest BCUT2D eigenvalue weighted by Crippen LogP contribution is -2.24. The second-order valence-corrected chi connectivity index (χ2v) is 13.4. The number of anilines is 2. The van der Waals surface area contributed by atoms with E-state index in [1.807, 2.05) is 13.0 Å². The predicted octanol–water partition coefficient (Wildman–Crippen LogP) is 6.24. The van der Waals surface area contributed by atoms with Gasteiger partial charge in [0.15, 0.2) is 9.84 Å². The van der Waals surface area contributed by atoms with Gasteiger partial charge in [-0.25, -0.2) is 22.8 Å². The molecule has 0 amide bonds. The largest absolute Gasteiger partial charge is 0.405 e. The Morgan fingerprint density at radius 1 is 1.05 bits per heavy atom. The van der Waals surface area contributed by atoms with E-state index in [0.717, 1.165) is 22.0 Å². The number of benzene rings is 1. The quantitative estimate of drug-likeness (QED) is 0.179. The summed E-state index contributed by atoms with van der Waals surface area (Å²) in [6.07, 6.45) is -0.988. The van der Waals surface area contributed by atoms with Crippen molar-refractivity contribution < 1.29 is 26.0 Å². The predicted molar refractivity (Wildman–Crippen MR) is 150 cm³/mol. The van der Waals surface area contributed by atoms with E-state index in [1.165, 1.54) is 30.4 Å². The molecule has 2 atom stereocenters. The first-order valence-electron chi connectivity index (χ1n) is 13.0. The summed E-state index contributed by atoms with van der Waals surface area (Å²) < 4.78 is 79.3. The van der Waals surface area contributed by atoms with Gasteiger partial charge in [0, 0.05) is 12.2 Å². The van der Waals surface area contributed by atoms with Crippen LogP contribution in [0.15, 0.2) is 35.4 Å². The third kappa shape index (κ3) is 6.58. The molecule has 5 rings (SSSR count). The number of fused-ring (bicyclic) bond motifs is 1. The zero-order chi connectivity index (χ0) is 29.5. The highest BCUT2D eigenvalue weighted by Gasteiger charge is 2.32. The molecule has 0 bridgehead atoms. The Kier molecular flexibility index (Phi) is 7.90. The number of halogens is 4. The number of sulfone groups is 1. The molecule has 4 aromatic rings. The molecule has 8 nitrogen and oxygen atoms in total. The van der Waals surface area contributed by atoms with Gasteiger partial charge in [0.1, 0.15) is 28.7 Å². The van der Waals surface area contributed by atoms with Crippen LogP contribution in [-0.2, 0) is 9.84 Å². The van der Waals surface area contributed by atoms with E-state index in [1.54, 1.807) is 13.1 Å². The van der Waals surface area contributed by atoms with Crippen LogP contribution in [0.25, 0.3) is 20.8 Å². The molecule has 1 aliphatic rings. The Bertz CT molecular complexity index is 1710. The molecule has 2 unspecified atom stereocenters. The summed E-state index contributed by atoms with van der Waals surface area (Å²) in [6.45, 7) is 3.76. The highest BCUT2D eigenvalue weighted by Crippen LogP contribution is 2.39. The molecule has 1 saturated carbocycles. The van der Waals surface area contributed by atoms with Crippen LogP contribution in [0.1, 0.15) is 36.2 Å². The fourth-order valence-corrected chi connectivity index (χ4v) is 7.91. The van der Waals surface area contributed by atoms with E-state index >= 15 is 0 Å². The fraction of sp³-hybridized carbons (Fsp3) is 0.407. The number of hydrogen-bond donors (Lipinski definition) is 2. The van der Waals surface area contributed by atoms with Gasteiger partial charge in [-0.2, -0.15) is 18.2 Å². The summed E-state index contributed by atoms with van der Waals surface area (Å²) in [5, 5.41) is 6.20. The Morgan fingerprint density at radius 2 is 1.83 bits per heavy atom. The van der Waals surface area contributed by atoms with Gasteiger partial charge in [-0.3, -0.25) is 4.98 Å². The minimum atomic E-state index is -4.45.